The summed E-state index contributed by atoms with van der Waals surface area (Å²) >= 11 is 1.90. The second-order valence-corrected chi connectivity index (χ2v) is 3.46. The van der Waals surface area contributed by atoms with E-state index in [0.717, 1.165) is 5.41 Å². The Morgan fingerprint density at radius 1 is 1.75 bits per heavy atom. The van der Waals surface area contributed by atoms with Gasteiger partial charge in [0.25, 0.3) is 0 Å². The van der Waals surface area contributed by atoms with Gasteiger partial charge in [0.05, 0.1) is 4.55 Å². The Bertz CT molecular complexity index is 162. The standard InChI is InChI=1S/C3H6INO2S/c1-2-8(6,7)5-3-4/h2,5H,1,3H2. The molecule has 5 heteroatoms. The zero-order valence-corrected chi connectivity index (χ0v) is 7.07. The van der Waals surface area contributed by atoms with Crippen molar-refractivity contribution in [1.29, 1.82) is 0 Å². The van der Waals surface area contributed by atoms with Crippen LogP contribution in [0.25, 0.3) is 0 Å². The van der Waals surface area contributed by atoms with E-state index in [1.165, 1.54) is 0 Å². The summed E-state index contributed by atoms with van der Waals surface area (Å²) in [5.41, 5.74) is 0. The minimum atomic E-state index is -3.16. The molecule has 0 saturated carbocycles. The molecular formula is C3H6INO2S. The Hall–Kier alpha value is 0.380. The van der Waals surface area contributed by atoms with Crippen LogP contribution in [-0.4, -0.2) is 13.0 Å². The van der Waals surface area contributed by atoms with Crippen LogP contribution in [0, 0.1) is 0 Å². The molecule has 0 aromatic heterocycles. The van der Waals surface area contributed by atoms with Gasteiger partial charge in [-0.1, -0.05) is 29.2 Å². The van der Waals surface area contributed by atoms with Gasteiger partial charge in [0.2, 0.25) is 10.0 Å². The van der Waals surface area contributed by atoms with E-state index >= 15 is 0 Å². The summed E-state index contributed by atoms with van der Waals surface area (Å²) in [6.45, 7) is 3.10. The van der Waals surface area contributed by atoms with Crippen molar-refractivity contribution in [2.45, 2.75) is 0 Å². The predicted octanol–water partition coefficient (Wildman–Crippen LogP) is 0.442. The Morgan fingerprint density at radius 2 is 2.25 bits per heavy atom. The van der Waals surface area contributed by atoms with E-state index in [-0.39, 0.29) is 0 Å². The van der Waals surface area contributed by atoms with Gasteiger partial charge in [-0.25, -0.2) is 13.1 Å². The number of sulfonamides is 1. The molecule has 1 N–H and O–H groups in total. The van der Waals surface area contributed by atoms with E-state index in [0.29, 0.717) is 4.55 Å². The van der Waals surface area contributed by atoms with Crippen LogP contribution in [0.5, 0.6) is 0 Å². The molecule has 0 aliphatic rings. The Labute approximate surface area is 62.4 Å². The summed E-state index contributed by atoms with van der Waals surface area (Å²) in [7, 11) is -3.16. The van der Waals surface area contributed by atoms with Gasteiger partial charge < -0.3 is 0 Å². The Balaban J connectivity index is 3.95. The summed E-state index contributed by atoms with van der Waals surface area (Å²) in [5, 5.41) is 0.881. The molecule has 3 nitrogen and oxygen atoms in total. The third-order valence-electron chi connectivity index (χ3n) is 0.475. The van der Waals surface area contributed by atoms with Crippen LogP contribution in [0.3, 0.4) is 0 Å². The third kappa shape index (κ3) is 3.39. The molecule has 0 amide bonds. The van der Waals surface area contributed by atoms with Crippen LogP contribution in [0.4, 0.5) is 0 Å². The van der Waals surface area contributed by atoms with Crippen molar-refractivity contribution in [3.05, 3.63) is 12.0 Å². The van der Waals surface area contributed by atoms with E-state index in [4.69, 9.17) is 0 Å². The van der Waals surface area contributed by atoms with Crippen molar-refractivity contribution < 1.29 is 8.42 Å². The van der Waals surface area contributed by atoms with Gasteiger partial charge in [-0.2, -0.15) is 0 Å². The van der Waals surface area contributed by atoms with Crippen LogP contribution in [0.15, 0.2) is 12.0 Å². The van der Waals surface area contributed by atoms with Gasteiger partial charge in [0.1, 0.15) is 0 Å². The molecule has 0 rings (SSSR count). The third-order valence-corrected chi connectivity index (χ3v) is 2.36. The fourth-order valence-corrected chi connectivity index (χ4v) is 1.71. The number of halogens is 1. The lowest BCUT2D eigenvalue weighted by atomic mass is 11.3. The highest BCUT2D eigenvalue weighted by Crippen LogP contribution is 1.84. The molecule has 0 radical (unpaired) electrons. The summed E-state index contributed by atoms with van der Waals surface area (Å²) < 4.78 is 23.3. The molecule has 0 aromatic rings. The predicted molar refractivity (Wildman–Crippen MR) is 41.1 cm³/mol. The summed E-state index contributed by atoms with van der Waals surface area (Å²) in [5.74, 6) is 0. The van der Waals surface area contributed by atoms with Crippen molar-refractivity contribution in [2.75, 3.05) is 4.55 Å². The minimum Gasteiger partial charge on any atom is -0.208 e. The highest BCUT2D eigenvalue weighted by atomic mass is 127. The van der Waals surface area contributed by atoms with Gasteiger partial charge in [-0.3, -0.25) is 0 Å². The molecule has 0 saturated heterocycles. The molecule has 0 aliphatic heterocycles. The van der Waals surface area contributed by atoms with Crippen LogP contribution in [-0.2, 0) is 10.0 Å². The monoisotopic (exact) mass is 247 g/mol. The Morgan fingerprint density at radius 3 is 2.38 bits per heavy atom. The molecule has 8 heavy (non-hydrogen) atoms. The van der Waals surface area contributed by atoms with Gasteiger partial charge in [-0.15, -0.1) is 0 Å². The lowest BCUT2D eigenvalue weighted by Gasteiger charge is -1.92. The Kier molecular flexibility index (Phi) is 3.58. The lowest BCUT2D eigenvalue weighted by molar-refractivity contribution is 0.597. The largest absolute Gasteiger partial charge is 0.233 e. The summed E-state index contributed by atoms with van der Waals surface area (Å²) in [4.78, 5) is 0. The molecule has 0 fully saturated rings. The minimum absolute atomic E-state index is 0.381. The van der Waals surface area contributed by atoms with Gasteiger partial charge in [-0.05, 0) is 0 Å². The van der Waals surface area contributed by atoms with E-state index in [1.54, 1.807) is 0 Å². The summed E-state index contributed by atoms with van der Waals surface area (Å²) in [6.07, 6.45) is 0. The second kappa shape index (κ2) is 3.41. The zero-order chi connectivity index (χ0) is 6.62. The number of rotatable bonds is 3. The fourth-order valence-electron chi connectivity index (χ4n) is 0.135. The molecule has 0 spiro atoms. The maximum atomic E-state index is 10.4. The molecule has 0 atom stereocenters. The number of hydrogen-bond donors (Lipinski definition) is 1. The fraction of sp³-hybridized carbons (Fsp3) is 0.333. The molecule has 48 valence electrons. The van der Waals surface area contributed by atoms with E-state index in [9.17, 15) is 8.42 Å². The average Bonchev–Trinajstić information content (AvgIpc) is 1.67. The SMILES string of the molecule is C=CS(=O)(=O)NCI. The van der Waals surface area contributed by atoms with E-state index in [1.807, 2.05) is 22.6 Å². The van der Waals surface area contributed by atoms with Crippen LogP contribution in [0.2, 0.25) is 0 Å². The number of nitrogens with one attached hydrogen (secondary N) is 1. The first-order valence-corrected chi connectivity index (χ1v) is 4.87. The van der Waals surface area contributed by atoms with Crippen molar-refractivity contribution in [3.63, 3.8) is 0 Å². The van der Waals surface area contributed by atoms with Crippen LogP contribution < -0.4 is 4.72 Å². The molecule has 0 heterocycles. The quantitative estimate of drug-likeness (QED) is 0.447. The molecule has 0 aromatic carbocycles. The first-order chi connectivity index (χ1) is 3.62. The first-order valence-electron chi connectivity index (χ1n) is 1.80. The van der Waals surface area contributed by atoms with E-state index in [2.05, 4.69) is 11.3 Å². The van der Waals surface area contributed by atoms with Crippen LogP contribution in [0.1, 0.15) is 0 Å². The lowest BCUT2D eigenvalue weighted by Crippen LogP contribution is -2.18. The van der Waals surface area contributed by atoms with Crippen molar-refractivity contribution in [3.8, 4) is 0 Å². The highest BCUT2D eigenvalue weighted by molar-refractivity contribution is 14.1. The van der Waals surface area contributed by atoms with Gasteiger partial charge in [0.15, 0.2) is 0 Å². The highest BCUT2D eigenvalue weighted by Gasteiger charge is 1.97. The van der Waals surface area contributed by atoms with Crippen LogP contribution >= 0.6 is 22.6 Å². The maximum Gasteiger partial charge on any atom is 0.233 e. The van der Waals surface area contributed by atoms with Gasteiger partial charge >= 0.3 is 0 Å². The smallest absolute Gasteiger partial charge is 0.208 e. The van der Waals surface area contributed by atoms with Crippen molar-refractivity contribution in [1.82, 2.24) is 4.72 Å². The molecule has 0 unspecified atom stereocenters. The number of alkyl halides is 1. The average molecular weight is 247 g/mol. The molecule has 0 bridgehead atoms. The second-order valence-electron chi connectivity index (χ2n) is 0.990. The summed E-state index contributed by atoms with van der Waals surface area (Å²) in [6, 6.07) is 0. The zero-order valence-electron chi connectivity index (χ0n) is 4.09. The topological polar surface area (TPSA) is 46.2 Å². The number of hydrogen-bond acceptors (Lipinski definition) is 2. The van der Waals surface area contributed by atoms with Crippen molar-refractivity contribution in [2.24, 2.45) is 0 Å². The maximum absolute atomic E-state index is 10.4. The first kappa shape index (κ1) is 8.38. The normalized spacial score (nSPS) is 11.1. The van der Waals surface area contributed by atoms with Gasteiger partial charge in [0, 0.05) is 5.41 Å². The van der Waals surface area contributed by atoms with Crippen molar-refractivity contribution >= 4 is 32.6 Å². The van der Waals surface area contributed by atoms with E-state index < -0.39 is 10.0 Å². The molecular weight excluding hydrogens is 241 g/mol. The molecule has 0 aliphatic carbocycles.